The first kappa shape index (κ1) is 22.2. The molecule has 1 aromatic rings. The number of nitrogens with one attached hydrogen (secondary N) is 2. The van der Waals surface area contributed by atoms with E-state index in [1.165, 1.54) is 19.3 Å². The van der Waals surface area contributed by atoms with Gasteiger partial charge in [0.15, 0.2) is 5.96 Å². The van der Waals surface area contributed by atoms with E-state index in [4.69, 9.17) is 14.1 Å². The average Bonchev–Trinajstić information content (AvgIpc) is 3.10. The van der Waals surface area contributed by atoms with Crippen molar-refractivity contribution in [3.05, 3.63) is 24.2 Å². The predicted molar refractivity (Wildman–Crippen MR) is 113 cm³/mol. The molecule has 1 aliphatic rings. The molecule has 144 valence electrons. The van der Waals surface area contributed by atoms with E-state index >= 15 is 0 Å². The zero-order valence-corrected chi connectivity index (χ0v) is 18.0. The topological polar surface area (TPSA) is 62.0 Å². The molecule has 2 heterocycles. The third kappa shape index (κ3) is 7.53. The van der Waals surface area contributed by atoms with Crippen LogP contribution in [0, 0.1) is 0 Å². The lowest BCUT2D eigenvalue weighted by atomic mass is 10.1. The smallest absolute Gasteiger partial charge is 0.191 e. The molecule has 2 atom stereocenters. The van der Waals surface area contributed by atoms with E-state index in [0.29, 0.717) is 13.2 Å². The number of hydrogen-bond donors (Lipinski definition) is 2. The summed E-state index contributed by atoms with van der Waals surface area (Å²) in [6.07, 6.45) is 5.58. The molecule has 0 amide bonds. The van der Waals surface area contributed by atoms with Crippen LogP contribution >= 0.6 is 24.0 Å². The Bertz CT molecular complexity index is 475. The van der Waals surface area contributed by atoms with Crippen molar-refractivity contribution >= 4 is 29.9 Å². The van der Waals surface area contributed by atoms with Crippen LogP contribution < -0.4 is 10.6 Å². The molecule has 0 radical (unpaired) electrons. The predicted octanol–water partition coefficient (Wildman–Crippen LogP) is 3.01. The Morgan fingerprint density at radius 3 is 2.72 bits per heavy atom. The van der Waals surface area contributed by atoms with Crippen molar-refractivity contribution < 1.29 is 9.15 Å². The van der Waals surface area contributed by atoms with Gasteiger partial charge in [0.1, 0.15) is 5.76 Å². The number of guanidine groups is 1. The third-order valence-corrected chi connectivity index (χ3v) is 4.27. The summed E-state index contributed by atoms with van der Waals surface area (Å²) in [5, 5.41) is 6.70. The standard InChI is InChI=1S/C18H32N4O2.HI/c1-4-19-18(21-15(2)14-23-3)20-13-16(17-9-8-12-24-17)22-10-6-5-7-11-22;/h8-9,12,15-16H,4-7,10-11,13-14H2,1-3H3,(H2,19,20,21);1H. The molecule has 7 heteroatoms. The van der Waals surface area contributed by atoms with Crippen molar-refractivity contribution in [2.75, 3.05) is 39.9 Å². The molecule has 6 nitrogen and oxygen atoms in total. The molecule has 0 aromatic carbocycles. The van der Waals surface area contributed by atoms with Crippen LogP contribution in [0.15, 0.2) is 27.8 Å². The maximum Gasteiger partial charge on any atom is 0.191 e. The number of nitrogens with zero attached hydrogens (tertiary/aromatic N) is 2. The van der Waals surface area contributed by atoms with Gasteiger partial charge in [-0.15, -0.1) is 24.0 Å². The lowest BCUT2D eigenvalue weighted by Crippen LogP contribution is -2.44. The zero-order chi connectivity index (χ0) is 17.2. The lowest BCUT2D eigenvalue weighted by Gasteiger charge is -2.32. The average molecular weight is 464 g/mol. The van der Waals surface area contributed by atoms with Crippen LogP contribution in [0.5, 0.6) is 0 Å². The highest BCUT2D eigenvalue weighted by molar-refractivity contribution is 14.0. The number of hydrogen-bond acceptors (Lipinski definition) is 4. The number of rotatable bonds is 8. The first-order valence-corrected chi connectivity index (χ1v) is 9.05. The van der Waals surface area contributed by atoms with E-state index < -0.39 is 0 Å². The minimum Gasteiger partial charge on any atom is -0.468 e. The van der Waals surface area contributed by atoms with Crippen LogP contribution in [0.1, 0.15) is 44.9 Å². The summed E-state index contributed by atoms with van der Waals surface area (Å²) >= 11 is 0. The molecule has 0 aliphatic carbocycles. The van der Waals surface area contributed by atoms with E-state index in [1.807, 2.05) is 6.07 Å². The molecule has 1 aromatic heterocycles. The van der Waals surface area contributed by atoms with Gasteiger partial charge in [-0.05, 0) is 51.9 Å². The fourth-order valence-electron chi connectivity index (χ4n) is 3.12. The maximum absolute atomic E-state index is 5.69. The minimum atomic E-state index is 0. The summed E-state index contributed by atoms with van der Waals surface area (Å²) in [5.41, 5.74) is 0. The second-order valence-electron chi connectivity index (χ2n) is 6.35. The zero-order valence-electron chi connectivity index (χ0n) is 15.7. The number of aliphatic imine (C=N–C) groups is 1. The Hall–Kier alpha value is -0.800. The van der Waals surface area contributed by atoms with Crippen LogP contribution in [-0.2, 0) is 4.74 Å². The summed E-state index contributed by atoms with van der Waals surface area (Å²) in [6, 6.07) is 4.43. The van der Waals surface area contributed by atoms with Crippen LogP contribution in [-0.4, -0.2) is 56.8 Å². The Kier molecular flexibility index (Phi) is 11.2. The molecule has 0 bridgehead atoms. The van der Waals surface area contributed by atoms with Gasteiger partial charge in [0, 0.05) is 19.7 Å². The normalized spacial score (nSPS) is 18.3. The number of likely N-dealkylation sites (tertiary alicyclic amines) is 1. The summed E-state index contributed by atoms with van der Waals surface area (Å²) in [7, 11) is 1.71. The van der Waals surface area contributed by atoms with Crippen molar-refractivity contribution in [2.24, 2.45) is 4.99 Å². The lowest BCUT2D eigenvalue weighted by molar-refractivity contribution is 0.150. The van der Waals surface area contributed by atoms with E-state index in [0.717, 1.165) is 31.4 Å². The number of furan rings is 1. The van der Waals surface area contributed by atoms with Gasteiger partial charge < -0.3 is 19.8 Å². The van der Waals surface area contributed by atoms with Gasteiger partial charge in [0.2, 0.25) is 0 Å². The highest BCUT2D eigenvalue weighted by atomic mass is 127. The van der Waals surface area contributed by atoms with Crippen LogP contribution in [0.2, 0.25) is 0 Å². The Balaban J connectivity index is 0.00000312. The first-order valence-electron chi connectivity index (χ1n) is 9.05. The quantitative estimate of drug-likeness (QED) is 0.352. The second kappa shape index (κ2) is 12.5. The third-order valence-electron chi connectivity index (χ3n) is 4.27. The van der Waals surface area contributed by atoms with Crippen LogP contribution in [0.3, 0.4) is 0 Å². The second-order valence-corrected chi connectivity index (χ2v) is 6.35. The van der Waals surface area contributed by atoms with Crippen molar-refractivity contribution in [3.63, 3.8) is 0 Å². The monoisotopic (exact) mass is 464 g/mol. The Morgan fingerprint density at radius 2 is 2.12 bits per heavy atom. The van der Waals surface area contributed by atoms with Gasteiger partial charge in [-0.1, -0.05) is 6.42 Å². The molecule has 1 aliphatic heterocycles. The minimum absolute atomic E-state index is 0. The van der Waals surface area contributed by atoms with Crippen molar-refractivity contribution in [1.82, 2.24) is 15.5 Å². The fourth-order valence-corrected chi connectivity index (χ4v) is 3.12. The number of halogens is 1. The number of ether oxygens (including phenoxy) is 1. The Morgan fingerprint density at radius 1 is 1.36 bits per heavy atom. The van der Waals surface area contributed by atoms with E-state index in [9.17, 15) is 0 Å². The highest BCUT2D eigenvalue weighted by Crippen LogP contribution is 2.25. The van der Waals surface area contributed by atoms with Crippen LogP contribution in [0.4, 0.5) is 0 Å². The molecule has 0 saturated carbocycles. The van der Waals surface area contributed by atoms with Gasteiger partial charge in [0.25, 0.3) is 0 Å². The first-order chi connectivity index (χ1) is 11.7. The van der Waals surface area contributed by atoms with Gasteiger partial charge in [0.05, 0.1) is 25.5 Å². The summed E-state index contributed by atoms with van der Waals surface area (Å²) in [5.74, 6) is 1.83. The largest absolute Gasteiger partial charge is 0.468 e. The highest BCUT2D eigenvalue weighted by Gasteiger charge is 2.24. The van der Waals surface area contributed by atoms with Crippen molar-refractivity contribution in [1.29, 1.82) is 0 Å². The molecular weight excluding hydrogens is 431 g/mol. The molecule has 1 saturated heterocycles. The molecule has 2 unspecified atom stereocenters. The van der Waals surface area contributed by atoms with Gasteiger partial charge >= 0.3 is 0 Å². The maximum atomic E-state index is 5.69. The van der Waals surface area contributed by atoms with Gasteiger partial charge in [-0.25, -0.2) is 0 Å². The molecule has 2 N–H and O–H groups in total. The van der Waals surface area contributed by atoms with Crippen molar-refractivity contribution in [2.45, 2.75) is 45.2 Å². The number of piperidine rings is 1. The van der Waals surface area contributed by atoms with Gasteiger partial charge in [-0.3, -0.25) is 9.89 Å². The molecule has 0 spiro atoms. The fraction of sp³-hybridized carbons (Fsp3) is 0.722. The summed E-state index contributed by atoms with van der Waals surface area (Å²) in [4.78, 5) is 7.30. The molecule has 25 heavy (non-hydrogen) atoms. The van der Waals surface area contributed by atoms with E-state index in [1.54, 1.807) is 13.4 Å². The number of methoxy groups -OCH3 is 1. The molecular formula is C18H33IN4O2. The van der Waals surface area contributed by atoms with E-state index in [2.05, 4.69) is 35.4 Å². The summed E-state index contributed by atoms with van der Waals surface area (Å²) < 4.78 is 10.9. The Labute approximate surface area is 168 Å². The van der Waals surface area contributed by atoms with E-state index in [-0.39, 0.29) is 36.1 Å². The van der Waals surface area contributed by atoms with Gasteiger partial charge in [-0.2, -0.15) is 0 Å². The van der Waals surface area contributed by atoms with Crippen LogP contribution in [0.25, 0.3) is 0 Å². The van der Waals surface area contributed by atoms with Crippen molar-refractivity contribution in [3.8, 4) is 0 Å². The molecule has 2 rings (SSSR count). The summed E-state index contributed by atoms with van der Waals surface area (Å²) in [6.45, 7) is 8.56. The molecule has 1 fully saturated rings. The SMILES string of the molecule is CCNC(=NCC(c1ccco1)N1CCCCC1)NC(C)COC.I.